The quantitative estimate of drug-likeness (QED) is 0.819. The molecule has 1 fully saturated rings. The minimum Gasteiger partial charge on any atom is -0.478 e. The van der Waals surface area contributed by atoms with Crippen molar-refractivity contribution in [2.45, 2.75) is 18.3 Å². The summed E-state index contributed by atoms with van der Waals surface area (Å²) < 4.78 is 0. The maximum atomic E-state index is 11.3. The predicted octanol–water partition coefficient (Wildman–Crippen LogP) is 2.21. The van der Waals surface area contributed by atoms with E-state index < -0.39 is 5.97 Å². The molecule has 1 aromatic rings. The van der Waals surface area contributed by atoms with Crippen LogP contribution in [0.5, 0.6) is 0 Å². The molecule has 4 heteroatoms. The number of rotatable bonds is 1. The summed E-state index contributed by atoms with van der Waals surface area (Å²) in [5, 5.41) is 12.6. The van der Waals surface area contributed by atoms with Gasteiger partial charge < -0.3 is 10.4 Å². The molecule has 1 aliphatic carbocycles. The average Bonchev–Trinajstić information content (AvgIpc) is 2.66. The lowest BCUT2D eigenvalue weighted by atomic mass is 9.75. The molecular weight excluding hydrogens is 250 g/mol. The van der Waals surface area contributed by atoms with Crippen LogP contribution in [0.15, 0.2) is 30.3 Å². The summed E-state index contributed by atoms with van der Waals surface area (Å²) in [7, 11) is 0. The van der Waals surface area contributed by atoms with E-state index in [1.165, 1.54) is 5.56 Å². The Morgan fingerprint density at radius 3 is 2.56 bits per heavy atom. The fourth-order valence-electron chi connectivity index (χ4n) is 3.05. The van der Waals surface area contributed by atoms with Crippen LogP contribution in [-0.4, -0.2) is 24.2 Å². The van der Waals surface area contributed by atoms with Gasteiger partial charge in [0.2, 0.25) is 0 Å². The van der Waals surface area contributed by atoms with Crippen LogP contribution in [0.1, 0.15) is 24.0 Å². The van der Waals surface area contributed by atoms with Gasteiger partial charge in [0.05, 0.1) is 5.57 Å². The Labute approximate surface area is 112 Å². The summed E-state index contributed by atoms with van der Waals surface area (Å²) in [6.07, 6.45) is 3.95. The second-order valence-corrected chi connectivity index (χ2v) is 4.81. The third kappa shape index (κ3) is 1.84. The highest BCUT2D eigenvalue weighted by Gasteiger charge is 2.40. The van der Waals surface area contributed by atoms with Gasteiger partial charge in [-0.05, 0) is 37.1 Å². The predicted molar refractivity (Wildman–Crippen MR) is 73.1 cm³/mol. The Bertz CT molecular complexity index is 504. The number of carboxylic acid groups (broad SMARTS) is 1. The first-order chi connectivity index (χ1) is 8.23. The van der Waals surface area contributed by atoms with E-state index >= 15 is 0 Å². The van der Waals surface area contributed by atoms with Crippen LogP contribution in [0.2, 0.25) is 0 Å². The van der Waals surface area contributed by atoms with Crippen molar-refractivity contribution in [3.05, 3.63) is 41.5 Å². The van der Waals surface area contributed by atoms with Crippen LogP contribution in [0.3, 0.4) is 0 Å². The third-order valence-corrected chi connectivity index (χ3v) is 3.90. The van der Waals surface area contributed by atoms with Crippen molar-refractivity contribution in [1.29, 1.82) is 0 Å². The number of aliphatic carboxylic acids is 1. The number of hydrogen-bond donors (Lipinski definition) is 2. The number of hydrogen-bond acceptors (Lipinski definition) is 2. The third-order valence-electron chi connectivity index (χ3n) is 3.90. The average molecular weight is 266 g/mol. The molecule has 0 radical (unpaired) electrons. The number of benzene rings is 1. The summed E-state index contributed by atoms with van der Waals surface area (Å²) >= 11 is 0. The number of carboxylic acids is 1. The van der Waals surface area contributed by atoms with E-state index in [-0.39, 0.29) is 17.8 Å². The van der Waals surface area contributed by atoms with Crippen LogP contribution in [0.4, 0.5) is 0 Å². The lowest BCUT2D eigenvalue weighted by Crippen LogP contribution is -2.37. The van der Waals surface area contributed by atoms with Crippen molar-refractivity contribution >= 4 is 23.9 Å². The fraction of sp³-hybridized carbons (Fsp3) is 0.357. The van der Waals surface area contributed by atoms with E-state index in [1.807, 2.05) is 24.3 Å². The van der Waals surface area contributed by atoms with Crippen molar-refractivity contribution in [3.8, 4) is 0 Å². The molecule has 0 atom stereocenters. The summed E-state index contributed by atoms with van der Waals surface area (Å²) in [6, 6.07) is 7.91. The number of nitrogens with one attached hydrogen (secondary N) is 1. The summed E-state index contributed by atoms with van der Waals surface area (Å²) in [5.41, 5.74) is 2.53. The van der Waals surface area contributed by atoms with Gasteiger partial charge in [-0.2, -0.15) is 0 Å². The molecular formula is C14H16ClNO2. The molecule has 18 heavy (non-hydrogen) atoms. The van der Waals surface area contributed by atoms with Gasteiger partial charge in [0.1, 0.15) is 0 Å². The molecule has 0 saturated carbocycles. The zero-order valence-electron chi connectivity index (χ0n) is 9.98. The number of carbonyl (C=O) groups is 1. The molecule has 3 nitrogen and oxygen atoms in total. The van der Waals surface area contributed by atoms with Gasteiger partial charge in [-0.15, -0.1) is 12.4 Å². The number of halogens is 1. The lowest BCUT2D eigenvalue weighted by molar-refractivity contribution is -0.130. The number of piperidine rings is 1. The van der Waals surface area contributed by atoms with Gasteiger partial charge in [-0.1, -0.05) is 30.3 Å². The molecule has 1 aromatic carbocycles. The van der Waals surface area contributed by atoms with Crippen molar-refractivity contribution in [2.24, 2.45) is 0 Å². The molecule has 0 unspecified atom stereocenters. The maximum Gasteiger partial charge on any atom is 0.336 e. The van der Waals surface area contributed by atoms with E-state index in [4.69, 9.17) is 0 Å². The Hall–Kier alpha value is -1.32. The Balaban J connectivity index is 0.00000120. The van der Waals surface area contributed by atoms with Crippen LogP contribution >= 0.6 is 12.4 Å². The lowest BCUT2D eigenvalue weighted by Gasteiger charge is -2.33. The van der Waals surface area contributed by atoms with E-state index in [0.29, 0.717) is 5.57 Å². The molecule has 0 bridgehead atoms. The van der Waals surface area contributed by atoms with Crippen molar-refractivity contribution < 1.29 is 9.90 Å². The van der Waals surface area contributed by atoms with Crippen LogP contribution < -0.4 is 5.32 Å². The molecule has 96 valence electrons. The highest BCUT2D eigenvalue weighted by atomic mass is 35.5. The molecule has 1 saturated heterocycles. The molecule has 1 aliphatic heterocycles. The second-order valence-electron chi connectivity index (χ2n) is 4.81. The fourth-order valence-corrected chi connectivity index (χ4v) is 3.05. The molecule has 3 rings (SSSR count). The highest BCUT2D eigenvalue weighted by Crippen LogP contribution is 2.45. The minimum absolute atomic E-state index is 0. The number of fused-ring (bicyclic) bond motifs is 2. The molecule has 1 heterocycles. The van der Waals surface area contributed by atoms with Crippen molar-refractivity contribution in [1.82, 2.24) is 5.32 Å². The smallest absolute Gasteiger partial charge is 0.336 e. The van der Waals surface area contributed by atoms with Gasteiger partial charge in [0.25, 0.3) is 0 Å². The second kappa shape index (κ2) is 4.75. The molecule has 2 N–H and O–H groups in total. The standard InChI is InChI=1S/C14H15NO2.ClH/c16-13(17)11-9-14(5-7-15-8-6-14)12-4-2-1-3-10(11)12;/h1-4,9,15H,5-8H2,(H,16,17);1H. The Kier molecular flexibility index (Phi) is 3.46. The first kappa shape index (κ1) is 13.1. The van der Waals surface area contributed by atoms with Crippen LogP contribution in [-0.2, 0) is 10.2 Å². The molecule has 1 spiro atoms. The van der Waals surface area contributed by atoms with Crippen molar-refractivity contribution in [3.63, 3.8) is 0 Å². The zero-order chi connectivity index (χ0) is 11.9. The van der Waals surface area contributed by atoms with E-state index in [1.54, 1.807) is 0 Å². The largest absolute Gasteiger partial charge is 0.478 e. The normalized spacial score (nSPS) is 19.9. The van der Waals surface area contributed by atoms with E-state index in [2.05, 4.69) is 11.4 Å². The number of allylic oxidation sites excluding steroid dienone is 1. The van der Waals surface area contributed by atoms with Gasteiger partial charge in [0.15, 0.2) is 0 Å². The van der Waals surface area contributed by atoms with Crippen molar-refractivity contribution in [2.75, 3.05) is 13.1 Å². The first-order valence-corrected chi connectivity index (χ1v) is 6.00. The first-order valence-electron chi connectivity index (χ1n) is 6.00. The molecule has 2 aliphatic rings. The van der Waals surface area contributed by atoms with Gasteiger partial charge in [-0.25, -0.2) is 4.79 Å². The van der Waals surface area contributed by atoms with Gasteiger partial charge >= 0.3 is 5.97 Å². The summed E-state index contributed by atoms with van der Waals surface area (Å²) in [6.45, 7) is 1.91. The van der Waals surface area contributed by atoms with Gasteiger partial charge in [-0.3, -0.25) is 0 Å². The summed E-state index contributed by atoms with van der Waals surface area (Å²) in [5.74, 6) is -0.812. The Morgan fingerprint density at radius 1 is 1.22 bits per heavy atom. The monoisotopic (exact) mass is 265 g/mol. The topological polar surface area (TPSA) is 49.3 Å². The van der Waals surface area contributed by atoms with Crippen LogP contribution in [0.25, 0.3) is 5.57 Å². The van der Waals surface area contributed by atoms with Gasteiger partial charge in [0, 0.05) is 5.41 Å². The highest BCUT2D eigenvalue weighted by molar-refractivity contribution is 6.17. The summed E-state index contributed by atoms with van der Waals surface area (Å²) in [4.78, 5) is 11.3. The SMILES string of the molecule is Cl.O=C(O)C1=CC2(CCNCC2)c2ccccc21. The molecule has 0 amide bonds. The minimum atomic E-state index is -0.812. The van der Waals surface area contributed by atoms with E-state index in [0.717, 1.165) is 31.5 Å². The zero-order valence-corrected chi connectivity index (χ0v) is 10.8. The van der Waals surface area contributed by atoms with E-state index in [9.17, 15) is 9.90 Å². The molecule has 0 aromatic heterocycles. The Morgan fingerprint density at radius 2 is 1.89 bits per heavy atom. The maximum absolute atomic E-state index is 11.3. The van der Waals surface area contributed by atoms with Crippen LogP contribution in [0, 0.1) is 0 Å².